The molecule has 1 aromatic rings. The van der Waals surface area contributed by atoms with Crippen molar-refractivity contribution >= 4 is 0 Å². The maximum absolute atomic E-state index is 12.9. The molecule has 0 atom stereocenters. The van der Waals surface area contributed by atoms with Gasteiger partial charge in [-0.2, -0.15) is 13.2 Å². The summed E-state index contributed by atoms with van der Waals surface area (Å²) in [6.45, 7) is 0.338. The van der Waals surface area contributed by atoms with Crippen molar-refractivity contribution in [3.63, 3.8) is 0 Å². The highest BCUT2D eigenvalue weighted by molar-refractivity contribution is 5.45. The van der Waals surface area contributed by atoms with Crippen LogP contribution in [0.3, 0.4) is 0 Å². The second-order valence-corrected chi connectivity index (χ2v) is 4.34. The number of hydrogen-bond donors (Lipinski definition) is 2. The van der Waals surface area contributed by atoms with E-state index in [1.807, 2.05) is 0 Å². The summed E-state index contributed by atoms with van der Waals surface area (Å²) in [5.41, 5.74) is -3.12. The Kier molecular flexibility index (Phi) is 3.25. The molecule has 1 heterocycles. The first kappa shape index (κ1) is 13.2. The number of alkyl halides is 3. The molecule has 0 spiro atoms. The number of halogens is 3. The van der Waals surface area contributed by atoms with Crippen LogP contribution in [0, 0.1) is 0 Å². The molecule has 2 rings (SSSR count). The molecule has 2 N–H and O–H groups in total. The zero-order valence-electron chi connectivity index (χ0n) is 9.50. The van der Waals surface area contributed by atoms with Crippen LogP contribution >= 0.6 is 0 Å². The molecule has 0 aliphatic carbocycles. The van der Waals surface area contributed by atoms with Gasteiger partial charge in [-0.3, -0.25) is 0 Å². The number of aromatic hydroxyl groups is 1. The normalized spacial score (nSPS) is 19.8. The lowest BCUT2D eigenvalue weighted by Crippen LogP contribution is -2.35. The fourth-order valence-electron chi connectivity index (χ4n) is 2.22. The Morgan fingerprint density at radius 1 is 1.17 bits per heavy atom. The maximum Gasteiger partial charge on any atom is 0.416 e. The second-order valence-electron chi connectivity index (χ2n) is 4.34. The molecule has 1 aromatic carbocycles. The van der Waals surface area contributed by atoms with Crippen LogP contribution in [0.2, 0.25) is 0 Å². The van der Waals surface area contributed by atoms with E-state index in [4.69, 9.17) is 4.74 Å². The van der Waals surface area contributed by atoms with Gasteiger partial charge < -0.3 is 14.9 Å². The van der Waals surface area contributed by atoms with Crippen LogP contribution in [0.5, 0.6) is 5.75 Å². The first-order valence-corrected chi connectivity index (χ1v) is 5.54. The average Bonchev–Trinajstić information content (AvgIpc) is 2.28. The number of rotatable bonds is 1. The SMILES string of the molecule is Oc1cccc(C(F)(F)F)c1C1(O)CCOCC1. The number of benzene rings is 1. The third-order valence-corrected chi connectivity index (χ3v) is 3.13. The lowest BCUT2D eigenvalue weighted by molar-refractivity contribution is -0.143. The van der Waals surface area contributed by atoms with Crippen LogP contribution in [0.1, 0.15) is 24.0 Å². The highest BCUT2D eigenvalue weighted by atomic mass is 19.4. The van der Waals surface area contributed by atoms with Gasteiger partial charge in [0.05, 0.1) is 11.2 Å². The number of hydrogen-bond acceptors (Lipinski definition) is 3. The van der Waals surface area contributed by atoms with Crippen LogP contribution < -0.4 is 0 Å². The molecule has 0 saturated carbocycles. The first-order chi connectivity index (χ1) is 8.34. The summed E-state index contributed by atoms with van der Waals surface area (Å²) in [6, 6.07) is 3.13. The van der Waals surface area contributed by atoms with Crippen molar-refractivity contribution < 1.29 is 28.1 Å². The smallest absolute Gasteiger partial charge is 0.416 e. The monoisotopic (exact) mass is 262 g/mol. The van der Waals surface area contributed by atoms with Gasteiger partial charge in [0.25, 0.3) is 0 Å². The number of aliphatic hydroxyl groups is 1. The van der Waals surface area contributed by atoms with Crippen LogP contribution in [-0.4, -0.2) is 23.4 Å². The quantitative estimate of drug-likeness (QED) is 0.817. The third kappa shape index (κ3) is 2.30. The average molecular weight is 262 g/mol. The number of phenolic OH excluding ortho intramolecular Hbond substituents is 1. The van der Waals surface area contributed by atoms with Gasteiger partial charge in [-0.15, -0.1) is 0 Å². The molecule has 1 aliphatic heterocycles. The molecule has 0 bridgehead atoms. The third-order valence-electron chi connectivity index (χ3n) is 3.13. The van der Waals surface area contributed by atoms with E-state index in [1.54, 1.807) is 0 Å². The van der Waals surface area contributed by atoms with Gasteiger partial charge in [-0.25, -0.2) is 0 Å². The van der Waals surface area contributed by atoms with Crippen LogP contribution in [0.25, 0.3) is 0 Å². The first-order valence-electron chi connectivity index (χ1n) is 5.54. The molecule has 0 amide bonds. The summed E-state index contributed by atoms with van der Waals surface area (Å²) >= 11 is 0. The lowest BCUT2D eigenvalue weighted by Gasteiger charge is -2.34. The summed E-state index contributed by atoms with van der Waals surface area (Å²) in [5.74, 6) is -0.533. The predicted octanol–water partition coefficient (Wildman–Crippen LogP) is 2.41. The zero-order valence-corrected chi connectivity index (χ0v) is 9.50. The van der Waals surface area contributed by atoms with E-state index < -0.39 is 28.7 Å². The van der Waals surface area contributed by atoms with Gasteiger partial charge in [-0.05, 0) is 12.1 Å². The van der Waals surface area contributed by atoms with E-state index in [9.17, 15) is 23.4 Å². The summed E-state index contributed by atoms with van der Waals surface area (Å²) in [4.78, 5) is 0. The Balaban J connectivity index is 2.55. The Bertz CT molecular complexity index is 437. The van der Waals surface area contributed by atoms with Crippen molar-refractivity contribution in [2.24, 2.45) is 0 Å². The van der Waals surface area contributed by atoms with Crippen LogP contribution in [0.4, 0.5) is 13.2 Å². The van der Waals surface area contributed by atoms with Gasteiger partial charge in [0.2, 0.25) is 0 Å². The lowest BCUT2D eigenvalue weighted by atomic mass is 9.83. The Morgan fingerprint density at radius 3 is 2.33 bits per heavy atom. The van der Waals surface area contributed by atoms with Crippen LogP contribution in [0.15, 0.2) is 18.2 Å². The maximum atomic E-state index is 12.9. The van der Waals surface area contributed by atoms with Crippen molar-refractivity contribution in [2.45, 2.75) is 24.6 Å². The summed E-state index contributed by atoms with van der Waals surface area (Å²) < 4.78 is 43.7. The molecule has 1 fully saturated rings. The van der Waals surface area contributed by atoms with Crippen molar-refractivity contribution in [1.82, 2.24) is 0 Å². The predicted molar refractivity (Wildman–Crippen MR) is 57.1 cm³/mol. The Morgan fingerprint density at radius 2 is 1.78 bits per heavy atom. The zero-order chi connectivity index (χ0) is 13.4. The van der Waals surface area contributed by atoms with Gasteiger partial charge in [0.15, 0.2) is 0 Å². The molecule has 100 valence electrons. The van der Waals surface area contributed by atoms with Gasteiger partial charge in [-0.1, -0.05) is 6.07 Å². The van der Waals surface area contributed by atoms with Gasteiger partial charge in [0, 0.05) is 31.6 Å². The van der Waals surface area contributed by atoms with Gasteiger partial charge >= 0.3 is 6.18 Å². The number of ether oxygens (including phenoxy) is 1. The Hall–Kier alpha value is -1.27. The minimum Gasteiger partial charge on any atom is -0.508 e. The van der Waals surface area contributed by atoms with E-state index in [1.165, 1.54) is 0 Å². The highest BCUT2D eigenvalue weighted by Crippen LogP contribution is 2.44. The standard InChI is InChI=1S/C12H13F3O3/c13-12(14,15)8-2-1-3-9(16)10(8)11(17)4-6-18-7-5-11/h1-3,16-17H,4-7H2. The molecule has 0 radical (unpaired) electrons. The largest absolute Gasteiger partial charge is 0.508 e. The fraction of sp³-hybridized carbons (Fsp3) is 0.500. The minimum atomic E-state index is -4.61. The van der Waals surface area contributed by atoms with E-state index in [2.05, 4.69) is 0 Å². The summed E-state index contributed by atoms with van der Waals surface area (Å²) in [5, 5.41) is 20.0. The molecule has 3 nitrogen and oxygen atoms in total. The molecular formula is C12H13F3O3. The minimum absolute atomic E-state index is 0.0354. The van der Waals surface area contributed by atoms with Crippen molar-refractivity contribution in [3.8, 4) is 5.75 Å². The molecule has 6 heteroatoms. The molecular weight excluding hydrogens is 249 g/mol. The van der Waals surface area contributed by atoms with Crippen molar-refractivity contribution in [1.29, 1.82) is 0 Å². The molecule has 1 aliphatic rings. The number of phenols is 1. The van der Waals surface area contributed by atoms with Crippen molar-refractivity contribution in [3.05, 3.63) is 29.3 Å². The summed E-state index contributed by atoms with van der Waals surface area (Å²) in [7, 11) is 0. The van der Waals surface area contributed by atoms with E-state index >= 15 is 0 Å². The van der Waals surface area contributed by atoms with Crippen molar-refractivity contribution in [2.75, 3.05) is 13.2 Å². The Labute approximate surface area is 102 Å². The highest BCUT2D eigenvalue weighted by Gasteiger charge is 2.43. The van der Waals surface area contributed by atoms with E-state index in [0.29, 0.717) is 0 Å². The van der Waals surface area contributed by atoms with E-state index in [-0.39, 0.29) is 26.1 Å². The van der Waals surface area contributed by atoms with Gasteiger partial charge in [0.1, 0.15) is 5.75 Å². The molecule has 18 heavy (non-hydrogen) atoms. The topological polar surface area (TPSA) is 49.7 Å². The fourth-order valence-corrected chi connectivity index (χ4v) is 2.22. The molecule has 0 aromatic heterocycles. The molecule has 0 unspecified atom stereocenters. The second kappa shape index (κ2) is 4.44. The van der Waals surface area contributed by atoms with E-state index in [0.717, 1.165) is 18.2 Å². The summed E-state index contributed by atoms with van der Waals surface area (Å²) in [6.07, 6.45) is -4.54. The van der Waals surface area contributed by atoms with Crippen LogP contribution in [-0.2, 0) is 16.5 Å². The molecule has 1 saturated heterocycles.